The molecular weight excluding hydrogens is 200 g/mol. The van der Waals surface area contributed by atoms with Gasteiger partial charge < -0.3 is 10.2 Å². The van der Waals surface area contributed by atoms with E-state index in [0.29, 0.717) is 0 Å². The minimum atomic E-state index is 0.746. The van der Waals surface area contributed by atoms with Gasteiger partial charge in [-0.15, -0.1) is 0 Å². The monoisotopic (exact) mass is 220 g/mol. The quantitative estimate of drug-likeness (QED) is 0.830. The van der Waals surface area contributed by atoms with Crippen LogP contribution in [0.25, 0.3) is 0 Å². The number of aromatic nitrogens is 2. The third-order valence-electron chi connectivity index (χ3n) is 3.13. The normalized spacial score (nSPS) is 20.7. The summed E-state index contributed by atoms with van der Waals surface area (Å²) in [6.45, 7) is 6.56. The van der Waals surface area contributed by atoms with Crippen LogP contribution in [0.3, 0.4) is 0 Å². The molecule has 1 atom stereocenters. The maximum atomic E-state index is 4.36. The van der Waals surface area contributed by atoms with E-state index in [1.54, 1.807) is 12.4 Å². The van der Waals surface area contributed by atoms with Crippen molar-refractivity contribution >= 4 is 5.82 Å². The van der Waals surface area contributed by atoms with E-state index in [0.717, 1.165) is 31.4 Å². The molecule has 0 radical (unpaired) electrons. The predicted molar refractivity (Wildman–Crippen MR) is 65.5 cm³/mol. The summed E-state index contributed by atoms with van der Waals surface area (Å²) in [7, 11) is 0. The summed E-state index contributed by atoms with van der Waals surface area (Å²) in [6, 6.07) is 0. The van der Waals surface area contributed by atoms with Crippen molar-refractivity contribution in [3.63, 3.8) is 0 Å². The van der Waals surface area contributed by atoms with Crippen molar-refractivity contribution in [2.24, 2.45) is 5.92 Å². The number of nitrogens with zero attached hydrogens (tertiary/aromatic N) is 3. The van der Waals surface area contributed by atoms with Crippen molar-refractivity contribution in [1.29, 1.82) is 0 Å². The molecule has 4 heteroatoms. The first-order valence-electron chi connectivity index (χ1n) is 6.12. The highest BCUT2D eigenvalue weighted by Gasteiger charge is 2.16. The molecule has 1 aromatic rings. The molecule has 1 aliphatic rings. The number of hydrogen-bond acceptors (Lipinski definition) is 4. The van der Waals surface area contributed by atoms with Gasteiger partial charge in [-0.25, -0.2) is 4.98 Å². The molecule has 0 saturated carbocycles. The van der Waals surface area contributed by atoms with E-state index in [1.807, 2.05) is 6.20 Å². The van der Waals surface area contributed by atoms with Crippen LogP contribution in [0.15, 0.2) is 18.6 Å². The molecule has 1 aliphatic heterocycles. The molecule has 0 amide bonds. The molecule has 0 aliphatic carbocycles. The van der Waals surface area contributed by atoms with E-state index in [1.165, 1.54) is 19.4 Å². The zero-order valence-corrected chi connectivity index (χ0v) is 9.89. The maximum Gasteiger partial charge on any atom is 0.147 e. The second kappa shape index (κ2) is 5.80. The van der Waals surface area contributed by atoms with Crippen LogP contribution in [-0.2, 0) is 0 Å². The molecule has 4 nitrogen and oxygen atoms in total. The van der Waals surface area contributed by atoms with Crippen LogP contribution in [0.2, 0.25) is 0 Å². The fourth-order valence-electron chi connectivity index (χ4n) is 2.23. The molecule has 1 unspecified atom stereocenters. The number of nitrogens with one attached hydrogen (secondary N) is 1. The average molecular weight is 220 g/mol. The zero-order valence-electron chi connectivity index (χ0n) is 9.89. The number of hydrogen-bond donors (Lipinski definition) is 1. The van der Waals surface area contributed by atoms with Crippen LogP contribution in [-0.4, -0.2) is 36.1 Å². The topological polar surface area (TPSA) is 41.0 Å². The third kappa shape index (κ3) is 2.92. The van der Waals surface area contributed by atoms with Gasteiger partial charge in [0.1, 0.15) is 5.82 Å². The summed E-state index contributed by atoms with van der Waals surface area (Å²) in [5.74, 6) is 1.74. The third-order valence-corrected chi connectivity index (χ3v) is 3.13. The SMILES string of the molecule is CCN(CC1CCCNC1)c1cnccn1. The zero-order chi connectivity index (χ0) is 11.2. The highest BCUT2D eigenvalue weighted by atomic mass is 15.2. The Labute approximate surface area is 97.1 Å². The Kier molecular flexibility index (Phi) is 4.10. The minimum Gasteiger partial charge on any atom is -0.355 e. The Hall–Kier alpha value is -1.16. The second-order valence-electron chi connectivity index (χ2n) is 4.31. The van der Waals surface area contributed by atoms with E-state index in [-0.39, 0.29) is 0 Å². The molecule has 88 valence electrons. The lowest BCUT2D eigenvalue weighted by atomic mass is 9.99. The van der Waals surface area contributed by atoms with Gasteiger partial charge in [0.25, 0.3) is 0 Å². The van der Waals surface area contributed by atoms with Crippen molar-refractivity contribution in [2.45, 2.75) is 19.8 Å². The van der Waals surface area contributed by atoms with E-state index >= 15 is 0 Å². The van der Waals surface area contributed by atoms with Crippen LogP contribution < -0.4 is 10.2 Å². The van der Waals surface area contributed by atoms with Gasteiger partial charge in [-0.05, 0) is 38.8 Å². The molecule has 2 heterocycles. The van der Waals surface area contributed by atoms with Crippen LogP contribution in [0, 0.1) is 5.92 Å². The summed E-state index contributed by atoms with van der Waals surface area (Å²) in [5, 5.41) is 3.45. The summed E-state index contributed by atoms with van der Waals surface area (Å²) in [6.07, 6.45) is 7.95. The van der Waals surface area contributed by atoms with E-state index in [4.69, 9.17) is 0 Å². The Morgan fingerprint density at radius 2 is 2.44 bits per heavy atom. The molecule has 0 spiro atoms. The largest absolute Gasteiger partial charge is 0.355 e. The molecule has 1 N–H and O–H groups in total. The van der Waals surface area contributed by atoms with E-state index in [9.17, 15) is 0 Å². The molecule has 2 rings (SSSR count). The fourth-order valence-corrected chi connectivity index (χ4v) is 2.23. The van der Waals surface area contributed by atoms with Crippen LogP contribution in [0.5, 0.6) is 0 Å². The summed E-state index contributed by atoms with van der Waals surface area (Å²) in [5.41, 5.74) is 0. The lowest BCUT2D eigenvalue weighted by Crippen LogP contribution is -2.38. The van der Waals surface area contributed by atoms with Crippen molar-refractivity contribution in [2.75, 3.05) is 31.1 Å². The van der Waals surface area contributed by atoms with Gasteiger partial charge in [0.2, 0.25) is 0 Å². The summed E-state index contributed by atoms with van der Waals surface area (Å²) in [4.78, 5) is 10.8. The van der Waals surface area contributed by atoms with Crippen LogP contribution in [0.1, 0.15) is 19.8 Å². The fraction of sp³-hybridized carbons (Fsp3) is 0.667. The average Bonchev–Trinajstić information content (AvgIpc) is 2.38. The number of anilines is 1. The lowest BCUT2D eigenvalue weighted by molar-refractivity contribution is 0.377. The Balaban J connectivity index is 1.94. The Morgan fingerprint density at radius 1 is 1.50 bits per heavy atom. The molecule has 0 bridgehead atoms. The van der Waals surface area contributed by atoms with Gasteiger partial charge in [-0.2, -0.15) is 0 Å². The standard InChI is InChI=1S/C12H20N4/c1-2-16(12-9-14-6-7-15-12)10-11-4-3-5-13-8-11/h6-7,9,11,13H,2-5,8,10H2,1H3. The molecule has 1 saturated heterocycles. The Bertz CT molecular complexity index is 295. The van der Waals surface area contributed by atoms with Crippen molar-refractivity contribution < 1.29 is 0 Å². The minimum absolute atomic E-state index is 0.746. The Morgan fingerprint density at radius 3 is 3.06 bits per heavy atom. The molecular formula is C12H20N4. The lowest BCUT2D eigenvalue weighted by Gasteiger charge is -2.29. The maximum absolute atomic E-state index is 4.36. The molecule has 16 heavy (non-hydrogen) atoms. The highest BCUT2D eigenvalue weighted by Crippen LogP contribution is 2.15. The summed E-state index contributed by atoms with van der Waals surface area (Å²) >= 11 is 0. The van der Waals surface area contributed by atoms with Crippen molar-refractivity contribution in [1.82, 2.24) is 15.3 Å². The van der Waals surface area contributed by atoms with Gasteiger partial charge in [-0.3, -0.25) is 4.98 Å². The first kappa shape index (κ1) is 11.3. The highest BCUT2D eigenvalue weighted by molar-refractivity contribution is 5.34. The van der Waals surface area contributed by atoms with Crippen LogP contribution in [0.4, 0.5) is 5.82 Å². The smallest absolute Gasteiger partial charge is 0.147 e. The molecule has 1 aromatic heterocycles. The van der Waals surface area contributed by atoms with Crippen molar-refractivity contribution in [3.05, 3.63) is 18.6 Å². The van der Waals surface area contributed by atoms with Gasteiger partial charge in [0, 0.05) is 25.5 Å². The van der Waals surface area contributed by atoms with Gasteiger partial charge in [0.05, 0.1) is 6.20 Å². The predicted octanol–water partition coefficient (Wildman–Crippen LogP) is 1.30. The van der Waals surface area contributed by atoms with Crippen molar-refractivity contribution in [3.8, 4) is 0 Å². The summed E-state index contributed by atoms with van der Waals surface area (Å²) < 4.78 is 0. The molecule has 0 aromatic carbocycles. The number of rotatable bonds is 4. The van der Waals surface area contributed by atoms with Gasteiger partial charge in [-0.1, -0.05) is 0 Å². The van der Waals surface area contributed by atoms with E-state index < -0.39 is 0 Å². The second-order valence-corrected chi connectivity index (χ2v) is 4.31. The van der Waals surface area contributed by atoms with Gasteiger partial charge >= 0.3 is 0 Å². The van der Waals surface area contributed by atoms with Gasteiger partial charge in [0.15, 0.2) is 0 Å². The number of piperidine rings is 1. The first-order chi connectivity index (χ1) is 7.90. The molecule has 1 fully saturated rings. The van der Waals surface area contributed by atoms with Crippen LogP contribution >= 0.6 is 0 Å². The first-order valence-corrected chi connectivity index (χ1v) is 6.12. The van der Waals surface area contributed by atoms with E-state index in [2.05, 4.69) is 27.1 Å².